The molecule has 27 heavy (non-hydrogen) atoms. The number of piperazine rings is 2. The van der Waals surface area contributed by atoms with Crippen LogP contribution in [0.4, 0.5) is 0 Å². The standard InChI is InChI=1S/C19H30N4O3S/c1-4-21-9-11-22(12-10-21)19(24)17-6-5-16(2)18(15-17)27(25,26)23-13-7-20(3)8-14-23/h5-6,15H,4,7-14H2,1-3H3. The maximum atomic E-state index is 13.1. The first-order valence-corrected chi connectivity index (χ1v) is 11.1. The maximum Gasteiger partial charge on any atom is 0.253 e. The summed E-state index contributed by atoms with van der Waals surface area (Å²) in [7, 11) is -1.60. The molecule has 1 aromatic carbocycles. The maximum absolute atomic E-state index is 13.1. The number of hydrogen-bond donors (Lipinski definition) is 0. The van der Waals surface area contributed by atoms with E-state index in [1.165, 1.54) is 4.31 Å². The van der Waals surface area contributed by atoms with Gasteiger partial charge in [-0.15, -0.1) is 0 Å². The number of carbonyl (C=O) groups is 1. The van der Waals surface area contributed by atoms with Crippen LogP contribution in [0.1, 0.15) is 22.8 Å². The Bertz CT molecular complexity index is 780. The molecule has 0 unspecified atom stereocenters. The van der Waals surface area contributed by atoms with Crippen molar-refractivity contribution in [2.45, 2.75) is 18.7 Å². The summed E-state index contributed by atoms with van der Waals surface area (Å²) in [6.45, 7) is 10.4. The lowest BCUT2D eigenvalue weighted by Gasteiger charge is -2.34. The third-order valence-corrected chi connectivity index (χ3v) is 7.66. The van der Waals surface area contributed by atoms with Gasteiger partial charge >= 0.3 is 0 Å². The lowest BCUT2D eigenvalue weighted by molar-refractivity contribution is 0.0643. The normalized spacial score (nSPS) is 20.8. The number of amides is 1. The van der Waals surface area contributed by atoms with Gasteiger partial charge in [-0.25, -0.2) is 8.42 Å². The topological polar surface area (TPSA) is 64.2 Å². The van der Waals surface area contributed by atoms with Crippen LogP contribution in [0, 0.1) is 6.92 Å². The lowest BCUT2D eigenvalue weighted by Crippen LogP contribution is -2.48. The van der Waals surface area contributed by atoms with Crippen LogP contribution in [-0.4, -0.2) is 99.3 Å². The smallest absolute Gasteiger partial charge is 0.253 e. The Morgan fingerprint density at radius 1 is 1.00 bits per heavy atom. The molecule has 0 N–H and O–H groups in total. The zero-order valence-corrected chi connectivity index (χ0v) is 17.3. The molecule has 2 aliphatic heterocycles. The zero-order valence-electron chi connectivity index (χ0n) is 16.5. The van der Waals surface area contributed by atoms with Gasteiger partial charge in [-0.2, -0.15) is 4.31 Å². The van der Waals surface area contributed by atoms with Crippen molar-refractivity contribution in [1.82, 2.24) is 19.0 Å². The molecule has 0 spiro atoms. The van der Waals surface area contributed by atoms with Gasteiger partial charge in [0.25, 0.3) is 5.91 Å². The Morgan fingerprint density at radius 2 is 1.63 bits per heavy atom. The molecule has 0 radical (unpaired) electrons. The Hall–Kier alpha value is -1.48. The van der Waals surface area contributed by atoms with Crippen LogP contribution in [0.2, 0.25) is 0 Å². The molecule has 1 amide bonds. The summed E-state index contributed by atoms with van der Waals surface area (Å²) >= 11 is 0. The minimum absolute atomic E-state index is 0.0828. The second-order valence-electron chi connectivity index (χ2n) is 7.41. The molecule has 0 aromatic heterocycles. The monoisotopic (exact) mass is 394 g/mol. The van der Waals surface area contributed by atoms with Crippen molar-refractivity contribution in [3.8, 4) is 0 Å². The molecule has 3 rings (SSSR count). The molecule has 0 saturated carbocycles. The van der Waals surface area contributed by atoms with E-state index in [-0.39, 0.29) is 10.8 Å². The third kappa shape index (κ3) is 4.34. The number of hydrogen-bond acceptors (Lipinski definition) is 5. The molecule has 8 heteroatoms. The fourth-order valence-corrected chi connectivity index (χ4v) is 5.30. The van der Waals surface area contributed by atoms with Crippen molar-refractivity contribution in [2.24, 2.45) is 0 Å². The largest absolute Gasteiger partial charge is 0.336 e. The summed E-state index contributed by atoms with van der Waals surface area (Å²) in [6, 6.07) is 5.06. The fraction of sp³-hybridized carbons (Fsp3) is 0.632. The van der Waals surface area contributed by atoms with E-state index in [2.05, 4.69) is 16.7 Å². The highest BCUT2D eigenvalue weighted by Gasteiger charge is 2.30. The van der Waals surface area contributed by atoms with Crippen LogP contribution in [-0.2, 0) is 10.0 Å². The van der Waals surface area contributed by atoms with Gasteiger partial charge in [0.05, 0.1) is 4.90 Å². The van der Waals surface area contributed by atoms with Gasteiger partial charge in [0, 0.05) is 57.9 Å². The summed E-state index contributed by atoms with van der Waals surface area (Å²) in [5.41, 5.74) is 1.14. The quantitative estimate of drug-likeness (QED) is 0.753. The van der Waals surface area contributed by atoms with Crippen molar-refractivity contribution < 1.29 is 13.2 Å². The van der Waals surface area contributed by atoms with Crippen LogP contribution >= 0.6 is 0 Å². The minimum Gasteiger partial charge on any atom is -0.336 e. The summed E-state index contributed by atoms with van der Waals surface area (Å²) < 4.78 is 27.8. The molecule has 0 bridgehead atoms. The van der Waals surface area contributed by atoms with E-state index >= 15 is 0 Å². The molecule has 150 valence electrons. The van der Waals surface area contributed by atoms with Crippen LogP contribution in [0.15, 0.2) is 23.1 Å². The van der Waals surface area contributed by atoms with Crippen LogP contribution in [0.3, 0.4) is 0 Å². The summed E-state index contributed by atoms with van der Waals surface area (Å²) in [5, 5.41) is 0. The second kappa shape index (κ2) is 8.26. The van der Waals surface area contributed by atoms with E-state index in [0.717, 1.165) is 32.7 Å². The van der Waals surface area contributed by atoms with Crippen LogP contribution in [0.5, 0.6) is 0 Å². The van der Waals surface area contributed by atoms with Gasteiger partial charge in [-0.3, -0.25) is 4.79 Å². The van der Waals surface area contributed by atoms with Crippen molar-refractivity contribution >= 4 is 15.9 Å². The highest BCUT2D eigenvalue weighted by Crippen LogP contribution is 2.23. The Kier molecular flexibility index (Phi) is 6.20. The molecule has 2 fully saturated rings. The molecule has 2 aliphatic rings. The van der Waals surface area contributed by atoms with Crippen LogP contribution in [0.25, 0.3) is 0 Å². The van der Waals surface area contributed by atoms with Crippen molar-refractivity contribution in [3.63, 3.8) is 0 Å². The highest BCUT2D eigenvalue weighted by atomic mass is 32.2. The number of likely N-dealkylation sites (N-methyl/N-ethyl adjacent to an activating group) is 2. The first-order valence-electron chi connectivity index (χ1n) is 9.64. The lowest BCUT2D eigenvalue weighted by atomic mass is 10.1. The Morgan fingerprint density at radius 3 is 2.22 bits per heavy atom. The first-order chi connectivity index (χ1) is 12.8. The molecule has 2 saturated heterocycles. The van der Waals surface area contributed by atoms with Crippen molar-refractivity contribution in [2.75, 3.05) is 66.0 Å². The number of nitrogens with zero attached hydrogens (tertiary/aromatic N) is 4. The van der Waals surface area contributed by atoms with E-state index in [9.17, 15) is 13.2 Å². The molecule has 2 heterocycles. The van der Waals surface area contributed by atoms with Gasteiger partial charge < -0.3 is 14.7 Å². The second-order valence-corrected chi connectivity index (χ2v) is 9.32. The predicted molar refractivity (Wildman–Crippen MR) is 105 cm³/mol. The first kappa shape index (κ1) is 20.3. The van der Waals surface area contributed by atoms with Crippen molar-refractivity contribution in [1.29, 1.82) is 0 Å². The average molecular weight is 395 g/mol. The molecule has 7 nitrogen and oxygen atoms in total. The molecule has 0 aliphatic carbocycles. The van der Waals surface area contributed by atoms with Gasteiger partial charge in [-0.05, 0) is 38.2 Å². The van der Waals surface area contributed by atoms with E-state index in [1.54, 1.807) is 25.1 Å². The number of rotatable bonds is 4. The molecular weight excluding hydrogens is 364 g/mol. The molecular formula is C19H30N4O3S. The van der Waals surface area contributed by atoms with Crippen molar-refractivity contribution in [3.05, 3.63) is 29.3 Å². The minimum atomic E-state index is -3.59. The molecule has 0 atom stereocenters. The number of aryl methyl sites for hydroxylation is 1. The van der Waals surface area contributed by atoms with Gasteiger partial charge in [0.15, 0.2) is 0 Å². The summed E-state index contributed by atoms with van der Waals surface area (Å²) in [6.07, 6.45) is 0. The Labute approximate surface area is 162 Å². The Balaban J connectivity index is 1.81. The number of sulfonamides is 1. The van der Waals surface area contributed by atoms with Crippen LogP contribution < -0.4 is 0 Å². The number of benzene rings is 1. The van der Waals surface area contributed by atoms with E-state index in [0.29, 0.717) is 37.3 Å². The molecule has 1 aromatic rings. The average Bonchev–Trinajstić information content (AvgIpc) is 2.68. The SMILES string of the molecule is CCN1CCN(C(=O)c2ccc(C)c(S(=O)(=O)N3CCN(C)CC3)c2)CC1. The third-order valence-electron chi connectivity index (χ3n) is 5.62. The van der Waals surface area contributed by atoms with E-state index in [4.69, 9.17) is 0 Å². The highest BCUT2D eigenvalue weighted by molar-refractivity contribution is 7.89. The summed E-state index contributed by atoms with van der Waals surface area (Å²) in [4.78, 5) is 19.4. The van der Waals surface area contributed by atoms with E-state index in [1.807, 2.05) is 11.9 Å². The number of carbonyl (C=O) groups excluding carboxylic acids is 1. The van der Waals surface area contributed by atoms with Gasteiger partial charge in [-0.1, -0.05) is 13.0 Å². The predicted octanol–water partition coefficient (Wildman–Crippen LogP) is 0.709. The van der Waals surface area contributed by atoms with Gasteiger partial charge in [0.2, 0.25) is 10.0 Å². The fourth-order valence-electron chi connectivity index (χ4n) is 3.63. The summed E-state index contributed by atoms with van der Waals surface area (Å²) in [5.74, 6) is -0.0828. The van der Waals surface area contributed by atoms with Gasteiger partial charge in [0.1, 0.15) is 0 Å². The zero-order chi connectivity index (χ0) is 19.6. The van der Waals surface area contributed by atoms with E-state index < -0.39 is 10.0 Å².